The van der Waals surface area contributed by atoms with Crippen LogP contribution in [0.4, 0.5) is 5.69 Å². The maximum Gasteiger partial charge on any atom is 0.338 e. The second-order valence-corrected chi connectivity index (χ2v) is 7.41. The minimum absolute atomic E-state index is 0.0933. The van der Waals surface area contributed by atoms with E-state index in [9.17, 15) is 14.4 Å². The van der Waals surface area contributed by atoms with Gasteiger partial charge in [0.1, 0.15) is 19.6 Å². The van der Waals surface area contributed by atoms with Gasteiger partial charge in [0, 0.05) is 16.8 Å². The van der Waals surface area contributed by atoms with Crippen LogP contribution in [0, 0.1) is 0 Å². The molecule has 158 valence electrons. The molecule has 0 unspecified atom stereocenters. The third-order valence-electron chi connectivity index (χ3n) is 5.03. The van der Waals surface area contributed by atoms with Crippen molar-refractivity contribution in [1.82, 2.24) is 0 Å². The lowest BCUT2D eigenvalue weighted by Crippen LogP contribution is -3.12. The maximum atomic E-state index is 12.4. The Morgan fingerprint density at radius 3 is 2.43 bits per heavy atom. The largest absolute Gasteiger partial charge is 0.449 e. The molecule has 30 heavy (non-hydrogen) atoms. The minimum atomic E-state index is -0.976. The highest BCUT2D eigenvalue weighted by molar-refractivity contribution is 5.99. The summed E-state index contributed by atoms with van der Waals surface area (Å²) in [4.78, 5) is 37.7. The average molecular weight is 411 g/mol. The molecule has 1 fully saturated rings. The van der Waals surface area contributed by atoms with Crippen LogP contribution in [-0.4, -0.2) is 50.1 Å². The van der Waals surface area contributed by atoms with Gasteiger partial charge < -0.3 is 19.7 Å². The third-order valence-corrected chi connectivity index (χ3v) is 5.03. The molecule has 3 rings (SSSR count). The molecule has 1 aliphatic rings. The van der Waals surface area contributed by atoms with Gasteiger partial charge >= 0.3 is 5.97 Å². The molecule has 0 spiro atoms. The predicted octanol–water partition coefficient (Wildman–Crippen LogP) is 1.49. The number of hydrogen-bond donors (Lipinski definition) is 2. The van der Waals surface area contributed by atoms with Crippen LogP contribution in [0.3, 0.4) is 0 Å². The Hall–Kier alpha value is -3.03. The second-order valence-electron chi connectivity index (χ2n) is 7.41. The number of esters is 1. The Balaban J connectivity index is 1.53. The Kier molecular flexibility index (Phi) is 7.32. The number of rotatable bonds is 7. The molecule has 0 saturated carbocycles. The molecule has 7 heteroatoms. The molecule has 0 bridgehead atoms. The van der Waals surface area contributed by atoms with Gasteiger partial charge in [0.25, 0.3) is 5.91 Å². The van der Waals surface area contributed by atoms with Crippen LogP contribution in [0.15, 0.2) is 48.5 Å². The van der Waals surface area contributed by atoms with Gasteiger partial charge in [0.15, 0.2) is 11.9 Å². The zero-order valence-corrected chi connectivity index (χ0v) is 17.3. The number of morpholine rings is 1. The number of ether oxygens (including phenoxy) is 2. The minimum Gasteiger partial charge on any atom is -0.449 e. The predicted molar refractivity (Wildman–Crippen MR) is 112 cm³/mol. The van der Waals surface area contributed by atoms with E-state index in [4.69, 9.17) is 9.47 Å². The molecule has 0 aromatic heterocycles. The number of ketones is 1. The molecule has 0 radical (unpaired) electrons. The van der Waals surface area contributed by atoms with Gasteiger partial charge in [0.05, 0.1) is 18.8 Å². The van der Waals surface area contributed by atoms with E-state index in [1.165, 1.54) is 18.7 Å². The van der Waals surface area contributed by atoms with Crippen LogP contribution in [0.2, 0.25) is 0 Å². The standard InChI is InChI=1S/C23H26N2O5/c1-16(26)20-4-3-5-21(14-20)24-22(27)17(2)30-23(28)19-8-6-18(7-9-19)15-25-10-12-29-13-11-25/h3-9,14,17H,10-13,15H2,1-2H3,(H,24,27)/p+1/t17-/m1/s1. The van der Waals surface area contributed by atoms with Crippen molar-refractivity contribution in [3.63, 3.8) is 0 Å². The number of carbonyl (C=O) groups is 3. The maximum absolute atomic E-state index is 12.4. The summed E-state index contributed by atoms with van der Waals surface area (Å²) in [7, 11) is 0. The van der Waals surface area contributed by atoms with E-state index in [2.05, 4.69) is 5.32 Å². The van der Waals surface area contributed by atoms with Crippen molar-refractivity contribution in [2.24, 2.45) is 0 Å². The Morgan fingerprint density at radius 2 is 1.77 bits per heavy atom. The van der Waals surface area contributed by atoms with Gasteiger partial charge in [-0.2, -0.15) is 0 Å². The van der Waals surface area contributed by atoms with Gasteiger partial charge in [-0.3, -0.25) is 9.59 Å². The Morgan fingerprint density at radius 1 is 1.07 bits per heavy atom. The van der Waals surface area contributed by atoms with E-state index in [-0.39, 0.29) is 5.78 Å². The zero-order valence-electron chi connectivity index (χ0n) is 17.3. The lowest BCUT2D eigenvalue weighted by Gasteiger charge is -2.23. The fraction of sp³-hybridized carbons (Fsp3) is 0.348. The average Bonchev–Trinajstić information content (AvgIpc) is 2.75. The van der Waals surface area contributed by atoms with Crippen LogP contribution in [-0.2, 0) is 20.8 Å². The smallest absolute Gasteiger partial charge is 0.338 e. The van der Waals surface area contributed by atoms with Crippen molar-refractivity contribution in [3.8, 4) is 0 Å². The first-order valence-electron chi connectivity index (χ1n) is 10.1. The van der Waals surface area contributed by atoms with Crippen LogP contribution in [0.5, 0.6) is 0 Å². The number of anilines is 1. The quantitative estimate of drug-likeness (QED) is 0.533. The molecule has 1 aliphatic heterocycles. The fourth-order valence-electron chi connectivity index (χ4n) is 3.23. The summed E-state index contributed by atoms with van der Waals surface area (Å²) in [6.45, 7) is 7.36. The van der Waals surface area contributed by atoms with Crippen molar-refractivity contribution in [2.75, 3.05) is 31.6 Å². The summed E-state index contributed by atoms with van der Waals surface area (Å²) in [5.74, 6) is -1.11. The molecule has 1 amide bonds. The monoisotopic (exact) mass is 411 g/mol. The van der Waals surface area contributed by atoms with Crippen LogP contribution in [0.25, 0.3) is 0 Å². The summed E-state index contributed by atoms with van der Waals surface area (Å²) >= 11 is 0. The van der Waals surface area contributed by atoms with E-state index in [0.717, 1.165) is 38.4 Å². The van der Waals surface area contributed by atoms with Crippen molar-refractivity contribution >= 4 is 23.3 Å². The molecule has 7 nitrogen and oxygen atoms in total. The topological polar surface area (TPSA) is 86.1 Å². The first-order chi connectivity index (χ1) is 14.4. The van der Waals surface area contributed by atoms with Crippen LogP contribution in [0.1, 0.15) is 40.1 Å². The van der Waals surface area contributed by atoms with Crippen molar-refractivity contribution in [3.05, 3.63) is 65.2 Å². The normalized spacial score (nSPS) is 15.3. The summed E-state index contributed by atoms with van der Waals surface area (Å²) in [6.07, 6.45) is -0.976. The van der Waals surface area contributed by atoms with Gasteiger partial charge in [-0.1, -0.05) is 24.3 Å². The Bertz CT molecular complexity index is 904. The van der Waals surface area contributed by atoms with E-state index in [1.54, 1.807) is 36.4 Å². The number of benzene rings is 2. The van der Waals surface area contributed by atoms with E-state index in [0.29, 0.717) is 16.8 Å². The lowest BCUT2D eigenvalue weighted by molar-refractivity contribution is -0.921. The SMILES string of the molecule is CC(=O)c1cccc(NC(=O)[C@@H](C)OC(=O)c2ccc(C[NH+]3CCOCC3)cc2)c1. The lowest BCUT2D eigenvalue weighted by atomic mass is 10.1. The van der Waals surface area contributed by atoms with Crippen molar-refractivity contribution in [1.29, 1.82) is 0 Å². The molecule has 2 aromatic rings. The van der Waals surface area contributed by atoms with Gasteiger partial charge in [0.2, 0.25) is 0 Å². The van der Waals surface area contributed by atoms with E-state index in [1.807, 2.05) is 12.1 Å². The number of carbonyl (C=O) groups excluding carboxylic acids is 3. The van der Waals surface area contributed by atoms with Gasteiger partial charge in [-0.25, -0.2) is 4.79 Å². The third kappa shape index (κ3) is 5.98. The number of hydrogen-bond acceptors (Lipinski definition) is 5. The highest BCUT2D eigenvalue weighted by Gasteiger charge is 2.20. The van der Waals surface area contributed by atoms with Crippen molar-refractivity contribution in [2.45, 2.75) is 26.5 Å². The summed E-state index contributed by atoms with van der Waals surface area (Å²) in [5.41, 5.74) is 2.51. The van der Waals surface area contributed by atoms with E-state index >= 15 is 0 Å². The first-order valence-corrected chi connectivity index (χ1v) is 10.1. The molecule has 1 saturated heterocycles. The molecule has 0 aliphatic carbocycles. The molecular weight excluding hydrogens is 384 g/mol. The van der Waals surface area contributed by atoms with Crippen molar-refractivity contribution < 1.29 is 28.8 Å². The highest BCUT2D eigenvalue weighted by atomic mass is 16.5. The zero-order chi connectivity index (χ0) is 21.5. The van der Waals surface area contributed by atoms with Gasteiger partial charge in [-0.15, -0.1) is 0 Å². The second kappa shape index (κ2) is 10.1. The highest BCUT2D eigenvalue weighted by Crippen LogP contribution is 2.13. The summed E-state index contributed by atoms with van der Waals surface area (Å²) in [6, 6.07) is 13.9. The fourth-order valence-corrected chi connectivity index (χ4v) is 3.23. The molecule has 1 heterocycles. The summed E-state index contributed by atoms with van der Waals surface area (Å²) in [5, 5.41) is 2.67. The number of amides is 1. The Labute approximate surface area is 176 Å². The number of nitrogens with one attached hydrogen (secondary N) is 2. The summed E-state index contributed by atoms with van der Waals surface area (Å²) < 4.78 is 10.7. The van der Waals surface area contributed by atoms with Crippen LogP contribution < -0.4 is 10.2 Å². The molecular formula is C23H27N2O5+. The van der Waals surface area contributed by atoms with Gasteiger partial charge in [-0.05, 0) is 38.1 Å². The molecule has 2 N–H and O–H groups in total. The number of quaternary nitrogens is 1. The first kappa shape index (κ1) is 21.7. The molecule has 1 atom stereocenters. The number of Topliss-reactive ketones (excluding diaryl/α,β-unsaturated/α-hetero) is 1. The molecule has 2 aromatic carbocycles. The van der Waals surface area contributed by atoms with Crippen LogP contribution >= 0.6 is 0 Å². The van der Waals surface area contributed by atoms with E-state index < -0.39 is 18.0 Å².